The minimum atomic E-state index is -3.72. The smallest absolute Gasteiger partial charge is 0.243 e. The van der Waals surface area contributed by atoms with Gasteiger partial charge in [-0.05, 0) is 56.9 Å². The normalized spacial score (nSPS) is 16.8. The second-order valence-corrected chi connectivity index (χ2v) is 10.1. The number of nitrogens with zero attached hydrogens (tertiary/aromatic N) is 1. The summed E-state index contributed by atoms with van der Waals surface area (Å²) in [5.74, 6) is -0.157. The summed E-state index contributed by atoms with van der Waals surface area (Å²) in [6.45, 7) is 7.31. The van der Waals surface area contributed by atoms with Crippen molar-refractivity contribution in [2.45, 2.75) is 57.1 Å². The lowest BCUT2D eigenvalue weighted by Crippen LogP contribution is -2.42. The fourth-order valence-electron chi connectivity index (χ4n) is 3.84. The van der Waals surface area contributed by atoms with Gasteiger partial charge >= 0.3 is 0 Å². The van der Waals surface area contributed by atoms with Gasteiger partial charge < -0.3 is 10.1 Å². The van der Waals surface area contributed by atoms with Gasteiger partial charge in [0.25, 0.3) is 0 Å². The van der Waals surface area contributed by atoms with Gasteiger partial charge in [-0.15, -0.1) is 0 Å². The number of hydrogen-bond acceptors (Lipinski definition) is 4. The standard InChI is InChI=1S/C24H32N2O4S/c1-18(2)30-16-6-14-25-24(27)17-23-22-8-5-4-7-20(22)13-15-26(23)31(28,29)21-11-9-19(3)10-12-21/h4-5,7-12,18,23H,6,13-17H2,1-3H3,(H,25,27)/t23-/m0/s1. The number of benzene rings is 2. The summed E-state index contributed by atoms with van der Waals surface area (Å²) in [5.41, 5.74) is 3.00. The van der Waals surface area contributed by atoms with Crippen molar-refractivity contribution in [2.24, 2.45) is 0 Å². The molecule has 1 atom stereocenters. The number of amides is 1. The molecule has 7 heteroatoms. The van der Waals surface area contributed by atoms with E-state index in [2.05, 4.69) is 5.32 Å². The first-order valence-corrected chi connectivity index (χ1v) is 12.3. The van der Waals surface area contributed by atoms with E-state index in [-0.39, 0.29) is 23.3 Å². The molecule has 6 nitrogen and oxygen atoms in total. The number of hydrogen-bond donors (Lipinski definition) is 1. The second-order valence-electron chi connectivity index (χ2n) is 8.22. The second kappa shape index (κ2) is 10.4. The molecule has 3 rings (SSSR count). The molecule has 1 heterocycles. The predicted molar refractivity (Wildman–Crippen MR) is 121 cm³/mol. The van der Waals surface area contributed by atoms with Crippen LogP contribution in [0.25, 0.3) is 0 Å². The molecule has 1 amide bonds. The van der Waals surface area contributed by atoms with Gasteiger partial charge in [0.2, 0.25) is 15.9 Å². The molecule has 168 valence electrons. The van der Waals surface area contributed by atoms with E-state index in [1.54, 1.807) is 24.3 Å². The van der Waals surface area contributed by atoms with Crippen molar-refractivity contribution in [1.82, 2.24) is 9.62 Å². The Morgan fingerprint density at radius 3 is 2.58 bits per heavy atom. The molecule has 0 saturated carbocycles. The van der Waals surface area contributed by atoms with E-state index in [0.717, 1.165) is 23.1 Å². The summed E-state index contributed by atoms with van der Waals surface area (Å²) in [7, 11) is -3.72. The van der Waals surface area contributed by atoms with Crippen LogP contribution in [0.4, 0.5) is 0 Å². The van der Waals surface area contributed by atoms with E-state index in [9.17, 15) is 13.2 Å². The average molecular weight is 445 g/mol. The van der Waals surface area contributed by atoms with E-state index >= 15 is 0 Å². The van der Waals surface area contributed by atoms with Crippen molar-refractivity contribution in [1.29, 1.82) is 0 Å². The number of carbonyl (C=O) groups is 1. The van der Waals surface area contributed by atoms with E-state index in [4.69, 9.17) is 4.74 Å². The zero-order valence-corrected chi connectivity index (χ0v) is 19.3. The highest BCUT2D eigenvalue weighted by Crippen LogP contribution is 2.36. The van der Waals surface area contributed by atoms with Gasteiger partial charge in [-0.25, -0.2) is 8.42 Å². The number of ether oxygens (including phenoxy) is 1. The molecule has 0 saturated heterocycles. The third-order valence-corrected chi connectivity index (χ3v) is 7.39. The molecule has 0 fully saturated rings. The molecule has 1 N–H and O–H groups in total. The van der Waals surface area contributed by atoms with Gasteiger partial charge in [0, 0.05) is 26.1 Å². The zero-order chi connectivity index (χ0) is 22.4. The van der Waals surface area contributed by atoms with Crippen LogP contribution in [0.5, 0.6) is 0 Å². The van der Waals surface area contributed by atoms with Gasteiger partial charge in [-0.2, -0.15) is 4.31 Å². The third kappa shape index (κ3) is 5.93. The number of sulfonamides is 1. The first-order valence-electron chi connectivity index (χ1n) is 10.8. The highest BCUT2D eigenvalue weighted by Gasteiger charge is 2.37. The molecular formula is C24H32N2O4S. The average Bonchev–Trinajstić information content (AvgIpc) is 2.73. The van der Waals surface area contributed by atoms with Gasteiger partial charge in [0.1, 0.15) is 0 Å². The van der Waals surface area contributed by atoms with Crippen LogP contribution in [-0.2, 0) is 26.0 Å². The van der Waals surface area contributed by atoms with Crippen LogP contribution in [0.2, 0.25) is 0 Å². The van der Waals surface area contributed by atoms with Crippen LogP contribution in [0.1, 0.15) is 49.4 Å². The summed E-state index contributed by atoms with van der Waals surface area (Å²) in [5, 5.41) is 2.91. The van der Waals surface area contributed by atoms with Gasteiger partial charge in [-0.3, -0.25) is 4.79 Å². The molecule has 0 aromatic heterocycles. The topological polar surface area (TPSA) is 75.7 Å². The SMILES string of the molecule is Cc1ccc(S(=O)(=O)N2CCc3ccccc3[C@@H]2CC(=O)NCCCOC(C)C)cc1. The monoisotopic (exact) mass is 444 g/mol. The minimum absolute atomic E-state index is 0.0904. The molecule has 0 bridgehead atoms. The van der Waals surface area contributed by atoms with Crippen molar-refractivity contribution in [3.63, 3.8) is 0 Å². The van der Waals surface area contributed by atoms with Crippen LogP contribution in [0, 0.1) is 6.92 Å². The fraction of sp³-hybridized carbons (Fsp3) is 0.458. The number of fused-ring (bicyclic) bond motifs is 1. The molecule has 1 aliphatic rings. The maximum absolute atomic E-state index is 13.4. The third-order valence-electron chi connectivity index (χ3n) is 5.46. The number of carbonyl (C=O) groups excluding carboxylic acids is 1. The molecule has 0 spiro atoms. The predicted octanol–water partition coefficient (Wildman–Crippen LogP) is 3.60. The lowest BCUT2D eigenvalue weighted by Gasteiger charge is -2.36. The summed E-state index contributed by atoms with van der Waals surface area (Å²) in [6.07, 6.45) is 1.60. The summed E-state index contributed by atoms with van der Waals surface area (Å²) in [6, 6.07) is 14.1. The van der Waals surface area contributed by atoms with E-state index in [1.807, 2.05) is 45.0 Å². The van der Waals surface area contributed by atoms with Crippen LogP contribution < -0.4 is 5.32 Å². The van der Waals surface area contributed by atoms with E-state index in [0.29, 0.717) is 26.1 Å². The summed E-state index contributed by atoms with van der Waals surface area (Å²) >= 11 is 0. The van der Waals surface area contributed by atoms with Gasteiger partial charge in [0.05, 0.1) is 17.0 Å². The summed E-state index contributed by atoms with van der Waals surface area (Å²) < 4.78 is 33.9. The molecule has 0 unspecified atom stereocenters. The quantitative estimate of drug-likeness (QED) is 0.600. The Kier molecular flexibility index (Phi) is 7.86. The number of aryl methyl sites for hydroxylation is 1. The highest BCUT2D eigenvalue weighted by atomic mass is 32.2. The van der Waals surface area contributed by atoms with Crippen LogP contribution >= 0.6 is 0 Å². The van der Waals surface area contributed by atoms with Crippen LogP contribution in [-0.4, -0.2) is 44.4 Å². The summed E-state index contributed by atoms with van der Waals surface area (Å²) in [4.78, 5) is 13.0. The van der Waals surface area contributed by atoms with Gasteiger partial charge in [0.15, 0.2) is 0 Å². The Morgan fingerprint density at radius 1 is 1.16 bits per heavy atom. The number of rotatable bonds is 9. The molecule has 2 aromatic carbocycles. The minimum Gasteiger partial charge on any atom is -0.379 e. The first kappa shape index (κ1) is 23.4. The Balaban J connectivity index is 1.78. The van der Waals surface area contributed by atoms with Gasteiger partial charge in [-0.1, -0.05) is 42.0 Å². The Bertz CT molecular complexity index is 987. The lowest BCUT2D eigenvalue weighted by atomic mass is 9.92. The molecule has 2 aromatic rings. The zero-order valence-electron chi connectivity index (χ0n) is 18.5. The Labute approximate surface area is 185 Å². The maximum atomic E-state index is 13.4. The van der Waals surface area contributed by atoms with Crippen LogP contribution in [0.3, 0.4) is 0 Å². The van der Waals surface area contributed by atoms with Crippen molar-refractivity contribution in [2.75, 3.05) is 19.7 Å². The molecule has 31 heavy (non-hydrogen) atoms. The maximum Gasteiger partial charge on any atom is 0.243 e. The molecule has 1 aliphatic heterocycles. The van der Waals surface area contributed by atoms with Crippen molar-refractivity contribution < 1.29 is 17.9 Å². The Hall–Kier alpha value is -2.22. The molecular weight excluding hydrogens is 412 g/mol. The van der Waals surface area contributed by atoms with Crippen molar-refractivity contribution in [3.05, 3.63) is 65.2 Å². The number of nitrogens with one attached hydrogen (secondary N) is 1. The molecule has 0 radical (unpaired) electrons. The van der Waals surface area contributed by atoms with Crippen molar-refractivity contribution >= 4 is 15.9 Å². The molecule has 0 aliphatic carbocycles. The lowest BCUT2D eigenvalue weighted by molar-refractivity contribution is -0.122. The van der Waals surface area contributed by atoms with E-state index in [1.165, 1.54) is 4.31 Å². The van der Waals surface area contributed by atoms with Crippen LogP contribution in [0.15, 0.2) is 53.4 Å². The highest BCUT2D eigenvalue weighted by molar-refractivity contribution is 7.89. The largest absolute Gasteiger partial charge is 0.379 e. The first-order chi connectivity index (χ1) is 14.8. The Morgan fingerprint density at radius 2 is 1.87 bits per heavy atom. The van der Waals surface area contributed by atoms with E-state index < -0.39 is 16.1 Å². The fourth-order valence-corrected chi connectivity index (χ4v) is 5.45. The van der Waals surface area contributed by atoms with Crippen molar-refractivity contribution in [3.8, 4) is 0 Å².